The van der Waals surface area contributed by atoms with E-state index in [1.165, 1.54) is 0 Å². The van der Waals surface area contributed by atoms with Crippen molar-refractivity contribution in [3.63, 3.8) is 0 Å². The Morgan fingerprint density at radius 3 is 2.87 bits per heavy atom. The van der Waals surface area contributed by atoms with Crippen LogP contribution in [0.5, 0.6) is 0 Å². The van der Waals surface area contributed by atoms with Gasteiger partial charge in [-0.1, -0.05) is 6.92 Å². The summed E-state index contributed by atoms with van der Waals surface area (Å²) in [6.45, 7) is 3.34. The molecule has 1 saturated heterocycles. The normalized spacial score (nSPS) is 22.8. The summed E-state index contributed by atoms with van der Waals surface area (Å²) < 4.78 is 22.5. The van der Waals surface area contributed by atoms with Crippen LogP contribution in [-0.4, -0.2) is 44.0 Å². The maximum Gasteiger partial charge on any atom is 0.150 e. The third kappa shape index (κ3) is 3.80. The molecule has 4 nitrogen and oxygen atoms in total. The molecule has 1 unspecified atom stereocenters. The maximum atomic E-state index is 11.2. The highest BCUT2D eigenvalue weighted by Gasteiger charge is 2.23. The second-order valence-corrected chi connectivity index (χ2v) is 6.39. The molecule has 0 saturated carbocycles. The van der Waals surface area contributed by atoms with E-state index in [1.807, 2.05) is 0 Å². The molecule has 15 heavy (non-hydrogen) atoms. The minimum Gasteiger partial charge on any atom is -0.288 e. The fraction of sp³-hybridized carbons (Fsp3) is 0.900. The lowest BCUT2D eigenvalue weighted by Crippen LogP contribution is -2.30. The number of sulfone groups is 1. The summed E-state index contributed by atoms with van der Waals surface area (Å²) in [7, 11) is -2.84. The Balaban J connectivity index is 2.29. The Morgan fingerprint density at radius 2 is 2.27 bits per heavy atom. The van der Waals surface area contributed by atoms with Crippen LogP contribution in [-0.2, 0) is 9.84 Å². The molecule has 1 fully saturated rings. The number of nitrogens with zero attached hydrogens (tertiary/aromatic N) is 2. The van der Waals surface area contributed by atoms with Gasteiger partial charge in [0.05, 0.1) is 17.9 Å². The van der Waals surface area contributed by atoms with Crippen molar-refractivity contribution in [3.05, 3.63) is 0 Å². The highest BCUT2D eigenvalue weighted by Crippen LogP contribution is 2.16. The van der Waals surface area contributed by atoms with Gasteiger partial charge in [-0.15, -0.1) is 0 Å². The molecule has 1 aliphatic heterocycles. The summed E-state index contributed by atoms with van der Waals surface area (Å²) in [5, 5.41) is 8.83. The molecular formula is C10H18N2O2S. The lowest BCUT2D eigenvalue weighted by Gasteiger charge is -2.18. The van der Waals surface area contributed by atoms with Crippen molar-refractivity contribution in [1.29, 1.82) is 5.26 Å². The van der Waals surface area contributed by atoms with Gasteiger partial charge in [-0.3, -0.25) is 4.90 Å². The predicted octanol–water partition coefficient (Wildman–Crippen LogP) is 0.799. The molecule has 0 radical (unpaired) electrons. The molecule has 86 valence electrons. The number of nitriles is 1. The summed E-state index contributed by atoms with van der Waals surface area (Å²) in [5.74, 6) is 0.465. The molecule has 0 aromatic rings. The van der Waals surface area contributed by atoms with E-state index >= 15 is 0 Å². The molecule has 5 heteroatoms. The van der Waals surface area contributed by atoms with Crippen molar-refractivity contribution in [1.82, 2.24) is 4.90 Å². The number of hydrogen-bond donors (Lipinski definition) is 0. The molecule has 0 bridgehead atoms. The second kappa shape index (κ2) is 5.47. The van der Waals surface area contributed by atoms with Gasteiger partial charge in [0.25, 0.3) is 0 Å². The zero-order valence-electron chi connectivity index (χ0n) is 9.15. The third-order valence-corrected chi connectivity index (χ3v) is 4.64. The van der Waals surface area contributed by atoms with E-state index in [4.69, 9.17) is 5.26 Å². The Kier molecular flexibility index (Phi) is 4.55. The van der Waals surface area contributed by atoms with Crippen LogP contribution in [0.2, 0.25) is 0 Å². The van der Waals surface area contributed by atoms with Crippen LogP contribution in [0.1, 0.15) is 26.2 Å². The smallest absolute Gasteiger partial charge is 0.150 e. The van der Waals surface area contributed by atoms with Gasteiger partial charge >= 0.3 is 0 Å². The number of hydrogen-bond acceptors (Lipinski definition) is 4. The SMILES string of the molecule is CCS(=O)(=O)CCCN1CCCC1C#N. The highest BCUT2D eigenvalue weighted by atomic mass is 32.2. The molecule has 0 aromatic carbocycles. The summed E-state index contributed by atoms with van der Waals surface area (Å²) in [6.07, 6.45) is 2.63. The topological polar surface area (TPSA) is 61.2 Å². The van der Waals surface area contributed by atoms with Crippen LogP contribution in [0.25, 0.3) is 0 Å². The minimum absolute atomic E-state index is 0.00864. The molecule has 1 rings (SSSR count). The fourth-order valence-corrected chi connectivity index (χ4v) is 2.73. The predicted molar refractivity (Wildman–Crippen MR) is 59.2 cm³/mol. The molecule has 0 amide bonds. The summed E-state index contributed by atoms with van der Waals surface area (Å²) in [6, 6.07) is 2.26. The first kappa shape index (κ1) is 12.5. The first-order chi connectivity index (χ1) is 7.09. The average molecular weight is 230 g/mol. The van der Waals surface area contributed by atoms with E-state index < -0.39 is 9.84 Å². The lowest BCUT2D eigenvalue weighted by atomic mass is 10.2. The van der Waals surface area contributed by atoms with Gasteiger partial charge in [0.2, 0.25) is 0 Å². The lowest BCUT2D eigenvalue weighted by molar-refractivity contribution is 0.296. The average Bonchev–Trinajstić information content (AvgIpc) is 2.65. The summed E-state index contributed by atoms with van der Waals surface area (Å²) in [5.41, 5.74) is 0. The molecular weight excluding hydrogens is 212 g/mol. The van der Waals surface area contributed by atoms with E-state index in [1.54, 1.807) is 6.92 Å². The van der Waals surface area contributed by atoms with Gasteiger partial charge in [0.1, 0.15) is 9.84 Å². The largest absolute Gasteiger partial charge is 0.288 e. The Morgan fingerprint density at radius 1 is 1.53 bits per heavy atom. The van der Waals surface area contributed by atoms with Crippen LogP contribution in [0.15, 0.2) is 0 Å². The van der Waals surface area contributed by atoms with Gasteiger partial charge in [0.15, 0.2) is 0 Å². The number of rotatable bonds is 5. The van der Waals surface area contributed by atoms with Crippen molar-refractivity contribution in [3.8, 4) is 6.07 Å². The minimum atomic E-state index is -2.84. The first-order valence-electron chi connectivity index (χ1n) is 5.43. The summed E-state index contributed by atoms with van der Waals surface area (Å²) >= 11 is 0. The van der Waals surface area contributed by atoms with E-state index in [0.717, 1.165) is 25.9 Å². The van der Waals surface area contributed by atoms with Crippen LogP contribution in [0.3, 0.4) is 0 Å². The van der Waals surface area contributed by atoms with Crippen molar-refractivity contribution in [2.45, 2.75) is 32.2 Å². The van der Waals surface area contributed by atoms with Gasteiger partial charge in [0, 0.05) is 12.3 Å². The molecule has 0 spiro atoms. The zero-order valence-corrected chi connectivity index (χ0v) is 9.96. The zero-order chi connectivity index (χ0) is 11.3. The van der Waals surface area contributed by atoms with Crippen molar-refractivity contribution >= 4 is 9.84 Å². The highest BCUT2D eigenvalue weighted by molar-refractivity contribution is 7.91. The molecule has 0 N–H and O–H groups in total. The summed E-state index contributed by atoms with van der Waals surface area (Å²) in [4.78, 5) is 2.09. The molecule has 1 heterocycles. The second-order valence-electron chi connectivity index (χ2n) is 3.91. The van der Waals surface area contributed by atoms with Crippen molar-refractivity contribution < 1.29 is 8.42 Å². The van der Waals surface area contributed by atoms with E-state index in [0.29, 0.717) is 6.42 Å². The van der Waals surface area contributed by atoms with Gasteiger partial charge in [-0.05, 0) is 25.8 Å². The maximum absolute atomic E-state index is 11.2. The third-order valence-electron chi connectivity index (χ3n) is 2.85. The van der Waals surface area contributed by atoms with Crippen molar-refractivity contribution in [2.75, 3.05) is 24.6 Å². The van der Waals surface area contributed by atoms with Crippen molar-refractivity contribution in [2.24, 2.45) is 0 Å². The fourth-order valence-electron chi connectivity index (χ4n) is 1.87. The Bertz CT molecular complexity index is 332. The quantitative estimate of drug-likeness (QED) is 0.701. The van der Waals surface area contributed by atoms with Crippen LogP contribution < -0.4 is 0 Å². The van der Waals surface area contributed by atoms with Gasteiger partial charge < -0.3 is 0 Å². The molecule has 1 aliphatic rings. The van der Waals surface area contributed by atoms with Crippen LogP contribution >= 0.6 is 0 Å². The van der Waals surface area contributed by atoms with E-state index in [-0.39, 0.29) is 17.5 Å². The van der Waals surface area contributed by atoms with Gasteiger partial charge in [-0.2, -0.15) is 5.26 Å². The Hall–Kier alpha value is -0.600. The van der Waals surface area contributed by atoms with Crippen LogP contribution in [0.4, 0.5) is 0 Å². The Labute approximate surface area is 91.8 Å². The van der Waals surface area contributed by atoms with E-state index in [2.05, 4.69) is 11.0 Å². The van der Waals surface area contributed by atoms with Gasteiger partial charge in [-0.25, -0.2) is 8.42 Å². The first-order valence-corrected chi connectivity index (χ1v) is 7.25. The molecule has 1 atom stereocenters. The monoisotopic (exact) mass is 230 g/mol. The molecule has 0 aromatic heterocycles. The molecule has 0 aliphatic carbocycles. The standard InChI is InChI=1S/C10H18N2O2S/c1-2-15(13,14)8-4-7-12-6-3-5-10(12)9-11/h10H,2-8H2,1H3. The number of likely N-dealkylation sites (tertiary alicyclic amines) is 1. The van der Waals surface area contributed by atoms with E-state index in [9.17, 15) is 8.42 Å². The van der Waals surface area contributed by atoms with Crippen LogP contribution in [0, 0.1) is 11.3 Å².